The SMILES string of the molecule is C[C@H](N)[C@H](Cc1ccc(Cl)cc1)c1cn(C)c2ccccc12. The highest BCUT2D eigenvalue weighted by Crippen LogP contribution is 2.31. The highest BCUT2D eigenvalue weighted by Gasteiger charge is 2.21. The first-order chi connectivity index (χ1) is 10.6. The minimum absolute atomic E-state index is 0.0847. The van der Waals surface area contributed by atoms with Crippen LogP contribution in [0.3, 0.4) is 0 Å². The van der Waals surface area contributed by atoms with Gasteiger partial charge in [0.25, 0.3) is 0 Å². The van der Waals surface area contributed by atoms with Gasteiger partial charge in [0.15, 0.2) is 0 Å². The van der Waals surface area contributed by atoms with Crippen LogP contribution >= 0.6 is 11.6 Å². The minimum Gasteiger partial charge on any atom is -0.350 e. The number of nitrogens with zero attached hydrogens (tertiary/aromatic N) is 1. The van der Waals surface area contributed by atoms with Crippen molar-refractivity contribution in [2.45, 2.75) is 25.3 Å². The Hall–Kier alpha value is -1.77. The summed E-state index contributed by atoms with van der Waals surface area (Å²) in [5, 5.41) is 2.06. The molecule has 0 aliphatic rings. The average Bonchev–Trinajstić information content (AvgIpc) is 2.84. The molecule has 0 bridgehead atoms. The lowest BCUT2D eigenvalue weighted by molar-refractivity contribution is 0.567. The fraction of sp³-hybridized carbons (Fsp3) is 0.263. The molecule has 3 heteroatoms. The molecule has 2 aromatic carbocycles. The van der Waals surface area contributed by atoms with E-state index in [1.54, 1.807) is 0 Å². The predicted molar refractivity (Wildman–Crippen MR) is 94.5 cm³/mol. The van der Waals surface area contributed by atoms with Gasteiger partial charge in [0.1, 0.15) is 0 Å². The summed E-state index contributed by atoms with van der Waals surface area (Å²) in [7, 11) is 2.09. The molecule has 1 heterocycles. The van der Waals surface area contributed by atoms with E-state index in [-0.39, 0.29) is 12.0 Å². The molecule has 22 heavy (non-hydrogen) atoms. The highest BCUT2D eigenvalue weighted by atomic mass is 35.5. The van der Waals surface area contributed by atoms with E-state index < -0.39 is 0 Å². The van der Waals surface area contributed by atoms with Crippen LogP contribution in [-0.4, -0.2) is 10.6 Å². The second-order valence-electron chi connectivity index (χ2n) is 6.01. The monoisotopic (exact) mass is 312 g/mol. The molecular formula is C19H21ClN2. The van der Waals surface area contributed by atoms with Gasteiger partial charge >= 0.3 is 0 Å². The molecule has 0 aliphatic heterocycles. The number of hydrogen-bond donors (Lipinski definition) is 1. The molecule has 0 unspecified atom stereocenters. The van der Waals surface area contributed by atoms with E-state index in [0.29, 0.717) is 0 Å². The Morgan fingerprint density at radius 2 is 1.77 bits per heavy atom. The third kappa shape index (κ3) is 2.90. The smallest absolute Gasteiger partial charge is 0.0480 e. The van der Waals surface area contributed by atoms with E-state index in [1.807, 2.05) is 12.1 Å². The quantitative estimate of drug-likeness (QED) is 0.755. The summed E-state index contributed by atoms with van der Waals surface area (Å²) in [6.45, 7) is 2.09. The summed E-state index contributed by atoms with van der Waals surface area (Å²) >= 11 is 5.98. The Bertz CT molecular complexity index is 772. The molecule has 0 amide bonds. The van der Waals surface area contributed by atoms with Gasteiger partial charge in [0.05, 0.1) is 0 Å². The first kappa shape index (κ1) is 15.1. The molecule has 0 aliphatic carbocycles. The van der Waals surface area contributed by atoms with Crippen LogP contribution in [0.4, 0.5) is 0 Å². The van der Waals surface area contributed by atoms with Gasteiger partial charge in [-0.15, -0.1) is 0 Å². The number of nitrogens with two attached hydrogens (primary N) is 1. The van der Waals surface area contributed by atoms with Crippen molar-refractivity contribution in [2.75, 3.05) is 0 Å². The van der Waals surface area contributed by atoms with Crippen molar-refractivity contribution < 1.29 is 0 Å². The fourth-order valence-electron chi connectivity index (χ4n) is 3.12. The summed E-state index contributed by atoms with van der Waals surface area (Å²) < 4.78 is 2.18. The summed E-state index contributed by atoms with van der Waals surface area (Å²) in [6, 6.07) is 16.6. The zero-order chi connectivity index (χ0) is 15.7. The van der Waals surface area contributed by atoms with Crippen LogP contribution in [0.2, 0.25) is 5.02 Å². The second kappa shape index (κ2) is 6.15. The molecule has 0 saturated carbocycles. The molecule has 0 radical (unpaired) electrons. The summed E-state index contributed by atoms with van der Waals surface area (Å²) in [5.74, 6) is 0.285. The minimum atomic E-state index is 0.0847. The molecule has 2 N–H and O–H groups in total. The number of para-hydroxylation sites is 1. The number of hydrogen-bond acceptors (Lipinski definition) is 1. The summed E-state index contributed by atoms with van der Waals surface area (Å²) in [4.78, 5) is 0. The maximum Gasteiger partial charge on any atom is 0.0480 e. The Balaban J connectivity index is 2.01. The van der Waals surface area contributed by atoms with Crippen molar-refractivity contribution in [1.29, 1.82) is 0 Å². The highest BCUT2D eigenvalue weighted by molar-refractivity contribution is 6.30. The molecule has 2 nitrogen and oxygen atoms in total. The Kier molecular flexibility index (Phi) is 4.23. The number of aryl methyl sites for hydroxylation is 1. The van der Waals surface area contributed by atoms with Gasteiger partial charge in [0.2, 0.25) is 0 Å². The van der Waals surface area contributed by atoms with Gasteiger partial charge in [0, 0.05) is 41.1 Å². The molecule has 0 spiro atoms. The van der Waals surface area contributed by atoms with Crippen LogP contribution in [0.25, 0.3) is 10.9 Å². The lowest BCUT2D eigenvalue weighted by Crippen LogP contribution is -2.26. The molecular weight excluding hydrogens is 292 g/mol. The van der Waals surface area contributed by atoms with E-state index in [9.17, 15) is 0 Å². The third-order valence-electron chi connectivity index (χ3n) is 4.33. The number of rotatable bonds is 4. The number of aromatic nitrogens is 1. The van der Waals surface area contributed by atoms with Crippen LogP contribution < -0.4 is 5.73 Å². The third-order valence-corrected chi connectivity index (χ3v) is 4.58. The molecule has 3 aromatic rings. The molecule has 0 fully saturated rings. The second-order valence-corrected chi connectivity index (χ2v) is 6.45. The lowest BCUT2D eigenvalue weighted by atomic mass is 9.87. The van der Waals surface area contributed by atoms with Crippen molar-refractivity contribution in [3.05, 3.63) is 70.9 Å². The number of benzene rings is 2. The van der Waals surface area contributed by atoms with Crippen LogP contribution in [0.1, 0.15) is 24.0 Å². The number of halogens is 1. The van der Waals surface area contributed by atoms with Gasteiger partial charge in [-0.3, -0.25) is 0 Å². The van der Waals surface area contributed by atoms with Gasteiger partial charge in [-0.2, -0.15) is 0 Å². The maximum atomic E-state index is 6.31. The Morgan fingerprint density at radius 3 is 2.45 bits per heavy atom. The van der Waals surface area contributed by atoms with Gasteiger partial charge < -0.3 is 10.3 Å². The largest absolute Gasteiger partial charge is 0.350 e. The summed E-state index contributed by atoms with van der Waals surface area (Å²) in [5.41, 5.74) is 10.1. The topological polar surface area (TPSA) is 30.9 Å². The Labute approximate surface area is 136 Å². The van der Waals surface area contributed by atoms with Crippen molar-refractivity contribution in [2.24, 2.45) is 12.8 Å². The zero-order valence-electron chi connectivity index (χ0n) is 13.0. The van der Waals surface area contributed by atoms with Crippen molar-refractivity contribution in [3.8, 4) is 0 Å². The number of fused-ring (bicyclic) bond motifs is 1. The van der Waals surface area contributed by atoms with E-state index in [0.717, 1.165) is 11.4 Å². The normalized spacial score (nSPS) is 14.2. The van der Waals surface area contributed by atoms with Gasteiger partial charge in [-0.1, -0.05) is 41.9 Å². The standard InChI is InChI=1S/C19H21ClN2/c1-13(21)17(11-14-7-9-15(20)10-8-14)18-12-22(2)19-6-4-3-5-16(18)19/h3-10,12-13,17H,11,21H2,1-2H3/t13-,17-/m0/s1. The van der Waals surface area contributed by atoms with E-state index in [1.165, 1.54) is 22.0 Å². The van der Waals surface area contributed by atoms with E-state index >= 15 is 0 Å². The molecule has 114 valence electrons. The van der Waals surface area contributed by atoms with E-state index in [2.05, 4.69) is 61.1 Å². The van der Waals surface area contributed by atoms with Crippen molar-refractivity contribution in [3.63, 3.8) is 0 Å². The van der Waals surface area contributed by atoms with Gasteiger partial charge in [-0.25, -0.2) is 0 Å². The first-order valence-electron chi connectivity index (χ1n) is 7.60. The zero-order valence-corrected chi connectivity index (χ0v) is 13.7. The predicted octanol–water partition coefficient (Wildman–Crippen LogP) is 4.51. The lowest BCUT2D eigenvalue weighted by Gasteiger charge is -2.21. The van der Waals surface area contributed by atoms with Crippen LogP contribution in [-0.2, 0) is 13.5 Å². The van der Waals surface area contributed by atoms with Gasteiger partial charge in [-0.05, 0) is 42.7 Å². The fourth-order valence-corrected chi connectivity index (χ4v) is 3.25. The van der Waals surface area contributed by atoms with Crippen LogP contribution in [0, 0.1) is 0 Å². The van der Waals surface area contributed by atoms with Crippen molar-refractivity contribution in [1.82, 2.24) is 4.57 Å². The van der Waals surface area contributed by atoms with E-state index in [4.69, 9.17) is 17.3 Å². The first-order valence-corrected chi connectivity index (χ1v) is 7.98. The Morgan fingerprint density at radius 1 is 1.09 bits per heavy atom. The summed E-state index contributed by atoms with van der Waals surface area (Å²) in [6.07, 6.45) is 3.14. The molecule has 1 aromatic heterocycles. The van der Waals surface area contributed by atoms with Crippen molar-refractivity contribution >= 4 is 22.5 Å². The van der Waals surface area contributed by atoms with Crippen LogP contribution in [0.5, 0.6) is 0 Å². The maximum absolute atomic E-state index is 6.31. The van der Waals surface area contributed by atoms with Crippen LogP contribution in [0.15, 0.2) is 54.7 Å². The molecule has 2 atom stereocenters. The molecule has 3 rings (SSSR count). The molecule has 0 saturated heterocycles. The average molecular weight is 313 g/mol.